The van der Waals surface area contributed by atoms with Crippen molar-refractivity contribution in [1.29, 1.82) is 0 Å². The second kappa shape index (κ2) is 12.2. The van der Waals surface area contributed by atoms with Crippen LogP contribution in [0.5, 0.6) is 0 Å². The Balaban J connectivity index is 1.22. The van der Waals surface area contributed by atoms with Crippen molar-refractivity contribution in [3.63, 3.8) is 0 Å². The summed E-state index contributed by atoms with van der Waals surface area (Å²) < 4.78 is 59.8. The Labute approximate surface area is 262 Å². The number of allylic oxidation sites excluding steroid dienone is 4. The number of alkyl halides is 1. The summed E-state index contributed by atoms with van der Waals surface area (Å²) in [4.78, 5) is 1.78. The summed E-state index contributed by atoms with van der Waals surface area (Å²) in [7, 11) is 0. The highest BCUT2D eigenvalue weighted by molar-refractivity contribution is 9.10. The van der Waals surface area contributed by atoms with Crippen LogP contribution in [0.3, 0.4) is 0 Å². The lowest BCUT2D eigenvalue weighted by atomic mass is 9.85. The van der Waals surface area contributed by atoms with Crippen LogP contribution < -0.4 is 10.2 Å². The summed E-state index contributed by atoms with van der Waals surface area (Å²) in [6.07, 6.45) is 2.35. The van der Waals surface area contributed by atoms with Crippen molar-refractivity contribution in [1.82, 2.24) is 0 Å². The molecule has 1 unspecified atom stereocenters. The number of anilines is 4. The normalized spacial score (nSPS) is 16.2. The number of hydrogen-bond acceptors (Lipinski definition) is 2. The van der Waals surface area contributed by atoms with Crippen molar-refractivity contribution in [2.75, 3.05) is 10.2 Å². The molecule has 1 aliphatic carbocycles. The molecule has 0 saturated carbocycles. The first kappa shape index (κ1) is 29.5. The number of halogens is 5. The third-order valence-corrected chi connectivity index (χ3v) is 8.09. The lowest BCUT2D eigenvalue weighted by molar-refractivity contribution is 0.224. The van der Waals surface area contributed by atoms with Crippen LogP contribution in [-0.2, 0) is 5.67 Å². The van der Waals surface area contributed by atoms with E-state index in [4.69, 9.17) is 0 Å². The third-order valence-electron chi connectivity index (χ3n) is 7.56. The highest BCUT2D eigenvalue weighted by atomic mass is 79.9. The van der Waals surface area contributed by atoms with E-state index >= 15 is 4.39 Å². The second-order valence-electron chi connectivity index (χ2n) is 10.7. The topological polar surface area (TPSA) is 15.3 Å². The Hall–Kier alpha value is -4.62. The number of hydrogen-bond donors (Lipinski definition) is 1. The summed E-state index contributed by atoms with van der Waals surface area (Å²) >= 11 is 3.44. The van der Waals surface area contributed by atoms with Gasteiger partial charge in [-0.05, 0) is 102 Å². The molecule has 1 N–H and O–H groups in total. The molecule has 1 atom stereocenters. The Morgan fingerprint density at radius 2 is 1.27 bits per heavy atom. The minimum Gasteiger partial charge on any atom is -0.359 e. The van der Waals surface area contributed by atoms with Crippen LogP contribution in [0.2, 0.25) is 0 Å². The van der Waals surface area contributed by atoms with Crippen LogP contribution >= 0.6 is 15.9 Å². The molecule has 220 valence electrons. The Bertz CT molecular complexity index is 1850. The highest BCUT2D eigenvalue weighted by Gasteiger charge is 2.35. The van der Waals surface area contributed by atoms with Crippen LogP contribution in [0.15, 0.2) is 143 Å². The van der Waals surface area contributed by atoms with Gasteiger partial charge in [-0.1, -0.05) is 64.5 Å². The van der Waals surface area contributed by atoms with Gasteiger partial charge in [0, 0.05) is 39.7 Å². The minimum absolute atomic E-state index is 0.0153. The predicted molar refractivity (Wildman–Crippen MR) is 174 cm³/mol. The second-order valence-corrected chi connectivity index (χ2v) is 11.7. The monoisotopic (exact) mass is 654 g/mol. The van der Waals surface area contributed by atoms with Crippen LogP contribution in [0.25, 0.3) is 11.1 Å². The molecule has 0 aromatic heterocycles. The largest absolute Gasteiger partial charge is 0.359 e. The fraction of sp³-hybridized carbons (Fsp3) is 0.0811. The number of benzene rings is 5. The molecular formula is C37H27BrF4N2. The average Bonchev–Trinajstić information content (AvgIpc) is 2.98. The van der Waals surface area contributed by atoms with E-state index < -0.39 is 23.1 Å². The molecule has 0 amide bonds. The average molecular weight is 656 g/mol. The van der Waals surface area contributed by atoms with Gasteiger partial charge < -0.3 is 10.2 Å². The van der Waals surface area contributed by atoms with Crippen LogP contribution in [0.1, 0.15) is 17.5 Å². The summed E-state index contributed by atoms with van der Waals surface area (Å²) in [5.74, 6) is -1.95. The van der Waals surface area contributed by atoms with E-state index in [0.29, 0.717) is 22.6 Å². The van der Waals surface area contributed by atoms with E-state index in [-0.39, 0.29) is 6.42 Å². The summed E-state index contributed by atoms with van der Waals surface area (Å²) in [6.45, 7) is 1.82. The summed E-state index contributed by atoms with van der Waals surface area (Å²) in [5.41, 5.74) is 4.08. The van der Waals surface area contributed by atoms with Gasteiger partial charge >= 0.3 is 0 Å². The highest BCUT2D eigenvalue weighted by Crippen LogP contribution is 2.41. The van der Waals surface area contributed by atoms with Gasteiger partial charge in [0.2, 0.25) is 0 Å². The molecule has 0 spiro atoms. The Morgan fingerprint density at radius 1 is 0.705 bits per heavy atom. The van der Waals surface area contributed by atoms with Crippen molar-refractivity contribution >= 4 is 38.7 Å². The summed E-state index contributed by atoms with van der Waals surface area (Å²) in [5, 5.41) is 3.18. The van der Waals surface area contributed by atoms with Gasteiger partial charge in [0.25, 0.3) is 0 Å². The van der Waals surface area contributed by atoms with Crippen LogP contribution in [0.4, 0.5) is 40.3 Å². The number of aryl methyl sites for hydroxylation is 1. The first-order valence-electron chi connectivity index (χ1n) is 14.0. The molecule has 0 radical (unpaired) electrons. The Morgan fingerprint density at radius 3 is 1.89 bits per heavy atom. The summed E-state index contributed by atoms with van der Waals surface area (Å²) in [6, 6.07) is 33.2. The SMILES string of the molecule is Cc1ccccc1C1(F)C=C(F)C=C(Nc2ccc(-c3ccc(N(c4ccc(Br)cc4)c4cc(F)cc(F)c4)cc3)cc2)C1. The molecule has 0 saturated heterocycles. The lowest BCUT2D eigenvalue weighted by Crippen LogP contribution is -2.24. The zero-order chi connectivity index (χ0) is 30.8. The molecule has 0 bridgehead atoms. The number of rotatable bonds is 7. The molecule has 1 aliphatic rings. The first-order valence-corrected chi connectivity index (χ1v) is 14.8. The molecule has 5 aromatic carbocycles. The minimum atomic E-state index is -1.95. The van der Waals surface area contributed by atoms with E-state index in [2.05, 4.69) is 21.2 Å². The lowest BCUT2D eigenvalue weighted by Gasteiger charge is -2.28. The molecule has 0 fully saturated rings. The van der Waals surface area contributed by atoms with E-state index in [9.17, 15) is 13.2 Å². The van der Waals surface area contributed by atoms with Gasteiger partial charge in [0.15, 0.2) is 5.67 Å². The molecule has 6 rings (SSSR count). The quantitative estimate of drug-likeness (QED) is 0.176. The predicted octanol–water partition coefficient (Wildman–Crippen LogP) is 11.6. The number of nitrogens with zero attached hydrogens (tertiary/aromatic N) is 1. The van der Waals surface area contributed by atoms with Gasteiger partial charge in [0.1, 0.15) is 17.5 Å². The van der Waals surface area contributed by atoms with Crippen molar-refractivity contribution in [2.45, 2.75) is 19.0 Å². The van der Waals surface area contributed by atoms with Gasteiger partial charge in [-0.15, -0.1) is 0 Å². The molecule has 44 heavy (non-hydrogen) atoms. The van der Waals surface area contributed by atoms with Crippen molar-refractivity contribution in [3.05, 3.63) is 166 Å². The van der Waals surface area contributed by atoms with E-state index in [1.807, 2.05) is 91.9 Å². The van der Waals surface area contributed by atoms with Crippen LogP contribution in [0, 0.1) is 18.6 Å². The molecule has 0 heterocycles. The maximum absolute atomic E-state index is 16.0. The fourth-order valence-corrected chi connectivity index (χ4v) is 5.80. The van der Waals surface area contributed by atoms with Crippen molar-refractivity contribution < 1.29 is 17.6 Å². The van der Waals surface area contributed by atoms with E-state index in [1.165, 1.54) is 18.2 Å². The zero-order valence-corrected chi connectivity index (χ0v) is 25.3. The van der Waals surface area contributed by atoms with Crippen molar-refractivity contribution in [3.8, 4) is 11.1 Å². The molecule has 7 heteroatoms. The first-order chi connectivity index (χ1) is 21.2. The third kappa shape index (κ3) is 6.33. The van der Waals surface area contributed by atoms with Gasteiger partial charge in [0.05, 0.1) is 5.69 Å². The smallest absolute Gasteiger partial charge is 0.162 e. The van der Waals surface area contributed by atoms with E-state index in [0.717, 1.165) is 44.7 Å². The van der Waals surface area contributed by atoms with Gasteiger partial charge in [-0.2, -0.15) is 0 Å². The van der Waals surface area contributed by atoms with Gasteiger partial charge in [-0.3, -0.25) is 0 Å². The van der Waals surface area contributed by atoms with Crippen molar-refractivity contribution in [2.24, 2.45) is 0 Å². The fourth-order valence-electron chi connectivity index (χ4n) is 5.54. The van der Waals surface area contributed by atoms with E-state index in [1.54, 1.807) is 17.0 Å². The maximum Gasteiger partial charge on any atom is 0.162 e. The van der Waals surface area contributed by atoms with Gasteiger partial charge in [-0.25, -0.2) is 17.6 Å². The zero-order valence-electron chi connectivity index (χ0n) is 23.7. The Kier molecular flexibility index (Phi) is 8.15. The van der Waals surface area contributed by atoms with Crippen LogP contribution in [-0.4, -0.2) is 0 Å². The number of nitrogens with one attached hydrogen (secondary N) is 1. The maximum atomic E-state index is 16.0. The molecule has 5 aromatic rings. The standard InChI is InChI=1S/C37H27BrF4N2/c1-24-4-2-3-5-36(24)37(42)22-30(41)19-32(23-37)43-31-12-6-25(7-13-31)26-8-14-33(15-9-26)44(34-16-10-27(38)11-17-34)35-20-28(39)18-29(40)21-35/h2-22,43H,23H2,1H3. The molecule has 2 nitrogen and oxygen atoms in total. The molecule has 0 aliphatic heterocycles. The molecular weight excluding hydrogens is 628 g/mol.